The first-order chi connectivity index (χ1) is 9.35. The van der Waals surface area contributed by atoms with Gasteiger partial charge >= 0.3 is 0 Å². The van der Waals surface area contributed by atoms with Crippen LogP contribution in [0.1, 0.15) is 22.6 Å². The fourth-order valence-electron chi connectivity index (χ4n) is 2.24. The van der Waals surface area contributed by atoms with Gasteiger partial charge in [0.15, 0.2) is 0 Å². The molecule has 96 valence electrons. The van der Waals surface area contributed by atoms with Gasteiger partial charge in [0, 0.05) is 24.6 Å². The van der Waals surface area contributed by atoms with Gasteiger partial charge in [0.2, 0.25) is 0 Å². The van der Waals surface area contributed by atoms with Gasteiger partial charge in [0.05, 0.1) is 12.8 Å². The summed E-state index contributed by atoms with van der Waals surface area (Å²) in [6.07, 6.45) is 8.91. The Balaban J connectivity index is 1.65. The maximum absolute atomic E-state index is 5.15. The van der Waals surface area contributed by atoms with Crippen molar-refractivity contribution in [1.29, 1.82) is 0 Å². The molecule has 1 aliphatic carbocycles. The van der Waals surface area contributed by atoms with E-state index < -0.39 is 0 Å². The molecule has 19 heavy (non-hydrogen) atoms. The molecule has 0 radical (unpaired) electrons. The lowest BCUT2D eigenvalue weighted by Gasteiger charge is -2.04. The van der Waals surface area contributed by atoms with Gasteiger partial charge in [0.1, 0.15) is 11.6 Å². The Morgan fingerprint density at radius 1 is 1.16 bits per heavy atom. The average molecular weight is 252 g/mol. The molecule has 3 rings (SSSR count). The van der Waals surface area contributed by atoms with Crippen LogP contribution in [0.15, 0.2) is 36.5 Å². The Hall–Kier alpha value is -2.16. The third-order valence-electron chi connectivity index (χ3n) is 3.35. The van der Waals surface area contributed by atoms with Gasteiger partial charge in [-0.05, 0) is 24.1 Å². The number of benzene rings is 1. The van der Waals surface area contributed by atoms with Gasteiger partial charge in [0.25, 0.3) is 0 Å². The lowest BCUT2D eigenvalue weighted by molar-refractivity contribution is 0.414. The minimum atomic E-state index is 0.875. The molecule has 3 heteroatoms. The first-order valence-corrected chi connectivity index (χ1v) is 6.49. The molecule has 1 aromatic heterocycles. The Morgan fingerprint density at radius 3 is 2.79 bits per heavy atom. The zero-order valence-electron chi connectivity index (χ0n) is 11.0. The highest BCUT2D eigenvalue weighted by molar-refractivity contribution is 5.56. The average Bonchev–Trinajstić information content (AvgIpc) is 2.93. The van der Waals surface area contributed by atoms with Gasteiger partial charge in [-0.3, -0.25) is 0 Å². The lowest BCUT2D eigenvalue weighted by Crippen LogP contribution is -2.01. The monoisotopic (exact) mass is 252 g/mol. The van der Waals surface area contributed by atoms with E-state index >= 15 is 0 Å². The van der Waals surface area contributed by atoms with Crippen LogP contribution in [0.5, 0.6) is 5.75 Å². The molecule has 1 heterocycles. The summed E-state index contributed by atoms with van der Waals surface area (Å²) in [4.78, 5) is 9.02. The van der Waals surface area contributed by atoms with Gasteiger partial charge in [-0.15, -0.1) is 0 Å². The number of rotatable bonds is 4. The van der Waals surface area contributed by atoms with Crippen molar-refractivity contribution in [2.45, 2.75) is 19.3 Å². The molecule has 0 fully saturated rings. The Labute approximate surface area is 113 Å². The molecular formula is C16H16N2O. The van der Waals surface area contributed by atoms with Gasteiger partial charge in [-0.1, -0.05) is 24.3 Å². The number of methoxy groups -OCH3 is 1. The molecule has 0 N–H and O–H groups in total. The molecular weight excluding hydrogens is 236 g/mol. The van der Waals surface area contributed by atoms with Crippen molar-refractivity contribution in [2.24, 2.45) is 0 Å². The van der Waals surface area contributed by atoms with Crippen LogP contribution in [0.2, 0.25) is 0 Å². The van der Waals surface area contributed by atoms with E-state index in [2.05, 4.69) is 34.3 Å². The fourth-order valence-corrected chi connectivity index (χ4v) is 2.24. The number of ether oxygens (including phenoxy) is 1. The summed E-state index contributed by atoms with van der Waals surface area (Å²) in [5.74, 6) is 1.82. The minimum Gasteiger partial charge on any atom is -0.497 e. The van der Waals surface area contributed by atoms with Crippen LogP contribution in [-0.2, 0) is 19.3 Å². The van der Waals surface area contributed by atoms with Crippen molar-refractivity contribution in [1.82, 2.24) is 9.97 Å². The molecule has 0 aliphatic heterocycles. The maximum atomic E-state index is 5.15. The number of aromatic nitrogens is 2. The first kappa shape index (κ1) is 11.9. The third kappa shape index (κ3) is 2.65. The molecule has 0 amide bonds. The smallest absolute Gasteiger partial charge is 0.128 e. The van der Waals surface area contributed by atoms with E-state index in [4.69, 9.17) is 4.74 Å². The summed E-state index contributed by atoms with van der Waals surface area (Å²) in [6, 6.07) is 8.16. The number of fused-ring (bicyclic) bond motifs is 1. The van der Waals surface area contributed by atoms with Gasteiger partial charge < -0.3 is 4.74 Å². The molecule has 1 aliphatic rings. The molecule has 0 unspecified atom stereocenters. The highest BCUT2D eigenvalue weighted by atomic mass is 16.5. The quantitative estimate of drug-likeness (QED) is 0.839. The first-order valence-electron chi connectivity index (χ1n) is 6.49. The Bertz CT molecular complexity index is 603. The molecule has 0 bridgehead atoms. The normalized spacial score (nSPS) is 12.5. The van der Waals surface area contributed by atoms with E-state index in [0.717, 1.165) is 42.1 Å². The van der Waals surface area contributed by atoms with Crippen molar-refractivity contribution in [2.75, 3.05) is 7.11 Å². The summed E-state index contributed by atoms with van der Waals surface area (Å²) < 4.78 is 5.15. The second-order valence-corrected chi connectivity index (χ2v) is 4.64. The minimum absolute atomic E-state index is 0.875. The molecule has 3 nitrogen and oxygen atoms in total. The molecule has 0 saturated carbocycles. The van der Waals surface area contributed by atoms with E-state index in [1.54, 1.807) is 7.11 Å². The van der Waals surface area contributed by atoms with Crippen molar-refractivity contribution in [3.05, 3.63) is 59.2 Å². The second kappa shape index (κ2) is 5.22. The third-order valence-corrected chi connectivity index (χ3v) is 3.35. The zero-order chi connectivity index (χ0) is 13.1. The number of allylic oxidation sites excluding steroid dienone is 1. The molecule has 0 spiro atoms. The maximum Gasteiger partial charge on any atom is 0.128 e. The molecule has 1 aromatic carbocycles. The van der Waals surface area contributed by atoms with Crippen LogP contribution in [0.4, 0.5) is 0 Å². The van der Waals surface area contributed by atoms with E-state index in [-0.39, 0.29) is 0 Å². The van der Waals surface area contributed by atoms with Crippen molar-refractivity contribution < 1.29 is 4.74 Å². The van der Waals surface area contributed by atoms with Gasteiger partial charge in [-0.25, -0.2) is 9.97 Å². The number of nitrogens with zero attached hydrogens (tertiary/aromatic N) is 2. The highest BCUT2D eigenvalue weighted by Crippen LogP contribution is 2.17. The summed E-state index contributed by atoms with van der Waals surface area (Å²) >= 11 is 0. The number of hydrogen-bond acceptors (Lipinski definition) is 3. The van der Waals surface area contributed by atoms with Crippen molar-refractivity contribution in [3.8, 4) is 5.75 Å². The second-order valence-electron chi connectivity index (χ2n) is 4.64. The Kier molecular flexibility index (Phi) is 3.27. The van der Waals surface area contributed by atoms with Crippen LogP contribution in [-0.4, -0.2) is 17.1 Å². The lowest BCUT2D eigenvalue weighted by atomic mass is 10.1. The zero-order valence-corrected chi connectivity index (χ0v) is 11.0. The van der Waals surface area contributed by atoms with E-state index in [0.29, 0.717) is 0 Å². The van der Waals surface area contributed by atoms with Crippen molar-refractivity contribution in [3.63, 3.8) is 0 Å². The van der Waals surface area contributed by atoms with E-state index in [9.17, 15) is 0 Å². The highest BCUT2D eigenvalue weighted by Gasteiger charge is 2.08. The Morgan fingerprint density at radius 2 is 2.00 bits per heavy atom. The summed E-state index contributed by atoms with van der Waals surface area (Å²) in [5.41, 5.74) is 3.59. The summed E-state index contributed by atoms with van der Waals surface area (Å²) in [6.45, 7) is 0. The predicted octanol–water partition coefficient (Wildman–Crippen LogP) is 2.84. The van der Waals surface area contributed by atoms with E-state index in [1.807, 2.05) is 18.3 Å². The SMILES string of the molecule is COc1ccc(CCc2ncc3c(n2)CC=C3)cc1. The molecule has 0 saturated heterocycles. The topological polar surface area (TPSA) is 35.0 Å². The van der Waals surface area contributed by atoms with Crippen LogP contribution in [0, 0.1) is 0 Å². The molecule has 2 aromatic rings. The standard InChI is InChI=1S/C16H16N2O/c1-19-14-8-5-12(6-9-14)7-10-16-17-11-13-3-2-4-15(13)18-16/h2-3,5-6,8-9,11H,4,7,10H2,1H3. The fraction of sp³-hybridized carbons (Fsp3) is 0.250. The van der Waals surface area contributed by atoms with E-state index in [1.165, 1.54) is 5.56 Å². The van der Waals surface area contributed by atoms with Crippen LogP contribution in [0.25, 0.3) is 6.08 Å². The van der Waals surface area contributed by atoms with Crippen LogP contribution >= 0.6 is 0 Å². The predicted molar refractivity (Wildman–Crippen MR) is 75.2 cm³/mol. The van der Waals surface area contributed by atoms with Crippen molar-refractivity contribution >= 4 is 6.08 Å². The van der Waals surface area contributed by atoms with Gasteiger partial charge in [-0.2, -0.15) is 0 Å². The summed E-state index contributed by atoms with van der Waals surface area (Å²) in [5, 5.41) is 0. The largest absolute Gasteiger partial charge is 0.497 e. The summed E-state index contributed by atoms with van der Waals surface area (Å²) in [7, 11) is 1.68. The number of hydrogen-bond donors (Lipinski definition) is 0. The molecule has 0 atom stereocenters. The van der Waals surface area contributed by atoms with Crippen LogP contribution < -0.4 is 4.74 Å². The number of aryl methyl sites for hydroxylation is 2. The van der Waals surface area contributed by atoms with Crippen LogP contribution in [0.3, 0.4) is 0 Å².